The molecule has 11 nitrogen and oxygen atoms in total. The van der Waals surface area contributed by atoms with Crippen molar-refractivity contribution in [3.05, 3.63) is 80.8 Å². The number of nitrogens with zero attached hydrogens (tertiary/aromatic N) is 7. The molecule has 0 aliphatic heterocycles. The number of hydrogen-bond donors (Lipinski definition) is 1. The van der Waals surface area contributed by atoms with E-state index in [0.29, 0.717) is 17.7 Å². The molecule has 0 saturated heterocycles. The lowest BCUT2D eigenvalue weighted by Gasteiger charge is -2.17. The molecule has 186 valence electrons. The number of aromatic nitrogens is 6. The average Bonchev–Trinajstić information content (AvgIpc) is 2.92. The van der Waals surface area contributed by atoms with E-state index in [2.05, 4.69) is 44.2 Å². The van der Waals surface area contributed by atoms with Gasteiger partial charge in [0.05, 0.1) is 6.54 Å². The number of benzene rings is 1. The van der Waals surface area contributed by atoms with E-state index in [1.165, 1.54) is 11.6 Å². The molecule has 0 atom stereocenters. The van der Waals surface area contributed by atoms with E-state index in [4.69, 9.17) is 0 Å². The third kappa shape index (κ3) is 5.20. The van der Waals surface area contributed by atoms with Crippen LogP contribution in [0.25, 0.3) is 22.6 Å². The van der Waals surface area contributed by atoms with Gasteiger partial charge in [-0.3, -0.25) is 23.7 Å². The number of hydrogen-bond acceptors (Lipinski definition) is 8. The van der Waals surface area contributed by atoms with E-state index < -0.39 is 11.2 Å². The number of pyridine rings is 1. The number of fused-ring (bicyclic) bond motifs is 1. The third-order valence-corrected chi connectivity index (χ3v) is 6.03. The van der Waals surface area contributed by atoms with Crippen LogP contribution >= 0.6 is 0 Å². The first-order valence-corrected chi connectivity index (χ1v) is 11.8. The summed E-state index contributed by atoms with van der Waals surface area (Å²) in [7, 11) is 1.40. The van der Waals surface area contributed by atoms with Crippen LogP contribution in [0.3, 0.4) is 0 Å². The van der Waals surface area contributed by atoms with Gasteiger partial charge in [-0.15, -0.1) is 10.2 Å². The van der Waals surface area contributed by atoms with Crippen molar-refractivity contribution in [1.82, 2.24) is 39.5 Å². The van der Waals surface area contributed by atoms with E-state index >= 15 is 0 Å². The monoisotopic (exact) mass is 488 g/mol. The van der Waals surface area contributed by atoms with Gasteiger partial charge < -0.3 is 10.2 Å². The van der Waals surface area contributed by atoms with Crippen LogP contribution in [0, 0.1) is 0 Å². The zero-order chi connectivity index (χ0) is 25.7. The molecule has 11 heteroatoms. The van der Waals surface area contributed by atoms with Gasteiger partial charge in [-0.1, -0.05) is 32.0 Å². The van der Waals surface area contributed by atoms with E-state index in [1.54, 1.807) is 42.7 Å². The number of carbonyl (C=O) groups is 1. The van der Waals surface area contributed by atoms with Gasteiger partial charge in [-0.2, -0.15) is 0 Å². The maximum Gasteiger partial charge on any atom is 0.332 e. The van der Waals surface area contributed by atoms with Gasteiger partial charge in [0.25, 0.3) is 11.5 Å². The summed E-state index contributed by atoms with van der Waals surface area (Å²) in [5.74, 6) is 0.0548. The molecule has 0 fully saturated rings. The Hall–Kier alpha value is -4.25. The largest absolute Gasteiger partial charge is 0.351 e. The fourth-order valence-corrected chi connectivity index (χ4v) is 3.84. The van der Waals surface area contributed by atoms with Crippen LogP contribution in [0.5, 0.6) is 0 Å². The van der Waals surface area contributed by atoms with Gasteiger partial charge in [0.1, 0.15) is 0 Å². The molecule has 0 radical (unpaired) electrons. The Balaban J connectivity index is 1.60. The summed E-state index contributed by atoms with van der Waals surface area (Å²) in [5, 5.41) is 11.3. The minimum atomic E-state index is -0.558. The lowest BCUT2D eigenvalue weighted by Crippen LogP contribution is -2.39. The number of amides is 1. The number of carbonyl (C=O) groups excluding carboxylic acids is 1. The van der Waals surface area contributed by atoms with E-state index in [0.717, 1.165) is 29.8 Å². The highest BCUT2D eigenvalue weighted by Crippen LogP contribution is 2.16. The second-order valence-corrected chi connectivity index (χ2v) is 8.26. The SMILES string of the molecule is CCN(CC)CCNC(=O)c1ccc(-c2nnc3c(n2)c(=O)n(C)c(=O)n3Cc2cccnc2)cc1. The normalized spacial score (nSPS) is 11.2. The first kappa shape index (κ1) is 24.9. The van der Waals surface area contributed by atoms with Crippen molar-refractivity contribution in [3.63, 3.8) is 0 Å². The molecule has 36 heavy (non-hydrogen) atoms. The van der Waals surface area contributed by atoms with Crippen LogP contribution in [-0.4, -0.2) is 66.3 Å². The molecule has 1 aromatic carbocycles. The van der Waals surface area contributed by atoms with Gasteiger partial charge in [0, 0.05) is 43.7 Å². The highest BCUT2D eigenvalue weighted by molar-refractivity contribution is 5.94. The van der Waals surface area contributed by atoms with Crippen molar-refractivity contribution in [2.45, 2.75) is 20.4 Å². The Kier molecular flexibility index (Phi) is 7.59. The fraction of sp³-hybridized carbons (Fsp3) is 0.320. The van der Waals surface area contributed by atoms with E-state index in [-0.39, 0.29) is 29.4 Å². The summed E-state index contributed by atoms with van der Waals surface area (Å²) in [6.45, 7) is 7.56. The van der Waals surface area contributed by atoms with Gasteiger partial charge in [-0.05, 0) is 36.9 Å². The number of likely N-dealkylation sites (N-methyl/N-ethyl adjacent to an activating group) is 1. The van der Waals surface area contributed by atoms with Gasteiger partial charge in [0.15, 0.2) is 17.0 Å². The van der Waals surface area contributed by atoms with E-state index in [9.17, 15) is 14.4 Å². The predicted octanol–water partition coefficient (Wildman–Crippen LogP) is 1.07. The van der Waals surface area contributed by atoms with Crippen LogP contribution in [-0.2, 0) is 13.6 Å². The molecule has 1 amide bonds. The molecule has 4 rings (SSSR count). The van der Waals surface area contributed by atoms with Crippen molar-refractivity contribution in [3.8, 4) is 11.4 Å². The summed E-state index contributed by atoms with van der Waals surface area (Å²) in [6.07, 6.45) is 3.28. The molecule has 3 heterocycles. The Labute approximate surface area is 207 Å². The average molecular weight is 489 g/mol. The zero-order valence-electron chi connectivity index (χ0n) is 20.5. The molecule has 0 bridgehead atoms. The summed E-state index contributed by atoms with van der Waals surface area (Å²) in [5.41, 5.74) is 0.930. The van der Waals surface area contributed by atoms with Crippen LogP contribution < -0.4 is 16.6 Å². The Morgan fingerprint density at radius 1 is 1.06 bits per heavy atom. The van der Waals surface area contributed by atoms with Crippen LogP contribution in [0.2, 0.25) is 0 Å². The highest BCUT2D eigenvalue weighted by atomic mass is 16.2. The maximum absolute atomic E-state index is 12.8. The number of rotatable bonds is 9. The van der Waals surface area contributed by atoms with E-state index in [1.807, 2.05) is 6.07 Å². The molecule has 3 aromatic heterocycles. The molecule has 0 unspecified atom stereocenters. The van der Waals surface area contributed by atoms with Crippen molar-refractivity contribution in [1.29, 1.82) is 0 Å². The van der Waals surface area contributed by atoms with Crippen molar-refractivity contribution < 1.29 is 4.79 Å². The molecular formula is C25H28N8O3. The Bertz CT molecular complexity index is 1480. The quantitative estimate of drug-likeness (QED) is 0.371. The summed E-state index contributed by atoms with van der Waals surface area (Å²) in [4.78, 5) is 48.8. The molecule has 0 spiro atoms. The second kappa shape index (κ2) is 11.0. The Morgan fingerprint density at radius 3 is 2.47 bits per heavy atom. The van der Waals surface area contributed by atoms with Crippen LogP contribution in [0.1, 0.15) is 29.8 Å². The van der Waals surface area contributed by atoms with Gasteiger partial charge in [0.2, 0.25) is 0 Å². The lowest BCUT2D eigenvalue weighted by molar-refractivity contribution is 0.0949. The Morgan fingerprint density at radius 2 is 1.81 bits per heavy atom. The highest BCUT2D eigenvalue weighted by Gasteiger charge is 2.16. The molecule has 1 N–H and O–H groups in total. The molecule has 0 saturated carbocycles. The predicted molar refractivity (Wildman–Crippen MR) is 136 cm³/mol. The standard InChI is InChI=1S/C25H28N8O3/c1-4-32(5-2)14-13-27-23(34)19-10-8-18(9-11-19)21-28-20-22(30-29-21)33(25(36)31(3)24(20)35)16-17-7-6-12-26-15-17/h6-12,15H,4-5,13-14,16H2,1-3H3,(H,27,34). The topological polar surface area (TPSA) is 128 Å². The zero-order valence-corrected chi connectivity index (χ0v) is 20.5. The van der Waals surface area contributed by atoms with Gasteiger partial charge in [-0.25, -0.2) is 9.78 Å². The molecule has 0 aliphatic carbocycles. The first-order valence-electron chi connectivity index (χ1n) is 11.8. The van der Waals surface area contributed by atoms with Gasteiger partial charge >= 0.3 is 5.69 Å². The van der Waals surface area contributed by atoms with Crippen LogP contribution in [0.15, 0.2) is 58.4 Å². The fourth-order valence-electron chi connectivity index (χ4n) is 3.84. The smallest absolute Gasteiger partial charge is 0.332 e. The molecule has 4 aromatic rings. The maximum atomic E-state index is 12.8. The number of nitrogens with one attached hydrogen (secondary N) is 1. The minimum Gasteiger partial charge on any atom is -0.351 e. The van der Waals surface area contributed by atoms with Crippen molar-refractivity contribution in [2.75, 3.05) is 26.2 Å². The summed E-state index contributed by atoms with van der Waals surface area (Å²) in [6, 6.07) is 10.4. The summed E-state index contributed by atoms with van der Waals surface area (Å²) < 4.78 is 2.35. The first-order chi connectivity index (χ1) is 17.4. The third-order valence-electron chi connectivity index (χ3n) is 6.03. The summed E-state index contributed by atoms with van der Waals surface area (Å²) >= 11 is 0. The molecule has 0 aliphatic rings. The minimum absolute atomic E-state index is 0.0317. The van der Waals surface area contributed by atoms with Crippen molar-refractivity contribution >= 4 is 17.1 Å². The van der Waals surface area contributed by atoms with Crippen molar-refractivity contribution in [2.24, 2.45) is 7.05 Å². The van der Waals surface area contributed by atoms with Crippen LogP contribution in [0.4, 0.5) is 0 Å². The molecular weight excluding hydrogens is 460 g/mol. The second-order valence-electron chi connectivity index (χ2n) is 8.26. The lowest BCUT2D eigenvalue weighted by atomic mass is 10.1.